The fourth-order valence-electron chi connectivity index (χ4n) is 4.65. The van der Waals surface area contributed by atoms with Gasteiger partial charge in [-0.05, 0) is 62.2 Å². The number of nitrogens with zero attached hydrogens (tertiary/aromatic N) is 3. The SMILES string of the molecule is COc1ncc(C2=CCOCC2)c2sc(NC(=O)c3ccc(C(=O)NCCN4CCCCC4)cc3)nc12. The minimum atomic E-state index is -0.296. The molecule has 0 atom stereocenters. The highest BCUT2D eigenvalue weighted by atomic mass is 32.1. The molecule has 1 aromatic carbocycles. The maximum atomic E-state index is 12.9. The van der Waals surface area contributed by atoms with Crippen LogP contribution in [-0.4, -0.2) is 73.2 Å². The number of pyridine rings is 1. The van der Waals surface area contributed by atoms with Crippen molar-refractivity contribution >= 4 is 44.1 Å². The van der Waals surface area contributed by atoms with E-state index in [-0.39, 0.29) is 11.8 Å². The Kier molecular flexibility index (Phi) is 8.08. The van der Waals surface area contributed by atoms with Gasteiger partial charge in [0, 0.05) is 36.0 Å². The van der Waals surface area contributed by atoms with Crippen molar-refractivity contribution in [3.63, 3.8) is 0 Å². The number of nitrogens with one attached hydrogen (secondary N) is 2. The number of hydrogen-bond donors (Lipinski definition) is 2. The summed E-state index contributed by atoms with van der Waals surface area (Å²) in [5.41, 5.74) is 3.72. The smallest absolute Gasteiger partial charge is 0.257 e. The summed E-state index contributed by atoms with van der Waals surface area (Å²) in [5, 5.41) is 6.31. The Labute approximate surface area is 219 Å². The van der Waals surface area contributed by atoms with Gasteiger partial charge in [0.05, 0.1) is 25.0 Å². The van der Waals surface area contributed by atoms with Gasteiger partial charge in [-0.3, -0.25) is 14.9 Å². The Morgan fingerprint density at radius 3 is 2.57 bits per heavy atom. The topological polar surface area (TPSA) is 106 Å². The molecule has 0 spiro atoms. The lowest BCUT2D eigenvalue weighted by Gasteiger charge is -2.26. The van der Waals surface area contributed by atoms with Gasteiger partial charge in [0.2, 0.25) is 5.88 Å². The van der Waals surface area contributed by atoms with Crippen molar-refractivity contribution in [2.45, 2.75) is 25.7 Å². The number of rotatable bonds is 8. The predicted molar refractivity (Wildman–Crippen MR) is 144 cm³/mol. The van der Waals surface area contributed by atoms with Gasteiger partial charge in [-0.1, -0.05) is 23.8 Å². The second-order valence-corrected chi connectivity index (χ2v) is 10.1. The molecule has 4 heterocycles. The summed E-state index contributed by atoms with van der Waals surface area (Å²) < 4.78 is 11.8. The summed E-state index contributed by atoms with van der Waals surface area (Å²) in [6, 6.07) is 6.66. The summed E-state index contributed by atoms with van der Waals surface area (Å²) in [6.45, 7) is 4.91. The molecule has 2 aliphatic rings. The highest BCUT2D eigenvalue weighted by Gasteiger charge is 2.19. The first-order valence-electron chi connectivity index (χ1n) is 12.6. The third-order valence-electron chi connectivity index (χ3n) is 6.68. The number of anilines is 1. The van der Waals surface area contributed by atoms with Crippen molar-refractivity contribution in [1.29, 1.82) is 0 Å². The molecule has 2 N–H and O–H groups in total. The van der Waals surface area contributed by atoms with Crippen LogP contribution in [0.5, 0.6) is 5.88 Å². The number of carbonyl (C=O) groups excluding carboxylic acids is 2. The van der Waals surface area contributed by atoms with Gasteiger partial charge in [0.1, 0.15) is 5.52 Å². The Balaban J connectivity index is 1.24. The number of aromatic nitrogens is 2. The number of carbonyl (C=O) groups is 2. The molecule has 0 unspecified atom stereocenters. The van der Waals surface area contributed by atoms with Crippen LogP contribution >= 0.6 is 11.3 Å². The van der Waals surface area contributed by atoms with E-state index >= 15 is 0 Å². The monoisotopic (exact) mass is 521 g/mol. The molecule has 10 heteroatoms. The van der Waals surface area contributed by atoms with Crippen LogP contribution in [0, 0.1) is 0 Å². The van der Waals surface area contributed by atoms with Crippen LogP contribution in [0.3, 0.4) is 0 Å². The van der Waals surface area contributed by atoms with Gasteiger partial charge in [-0.25, -0.2) is 9.97 Å². The van der Waals surface area contributed by atoms with Crippen molar-refractivity contribution in [3.8, 4) is 5.88 Å². The van der Waals surface area contributed by atoms with Crippen LogP contribution in [0.4, 0.5) is 5.13 Å². The minimum Gasteiger partial charge on any atom is -0.479 e. The number of methoxy groups -OCH3 is 1. The number of thiazole rings is 1. The molecule has 0 bridgehead atoms. The Bertz CT molecular complexity index is 1300. The number of hydrogen-bond acceptors (Lipinski definition) is 8. The van der Waals surface area contributed by atoms with Gasteiger partial charge >= 0.3 is 0 Å². The molecule has 37 heavy (non-hydrogen) atoms. The van der Waals surface area contributed by atoms with E-state index in [0.717, 1.165) is 41.9 Å². The number of fused-ring (bicyclic) bond motifs is 1. The molecule has 2 amide bonds. The molecule has 0 radical (unpaired) electrons. The van der Waals surface area contributed by atoms with Crippen molar-refractivity contribution in [3.05, 3.63) is 53.2 Å². The van der Waals surface area contributed by atoms with Crippen molar-refractivity contribution < 1.29 is 19.1 Å². The maximum Gasteiger partial charge on any atom is 0.257 e. The third-order valence-corrected chi connectivity index (χ3v) is 7.68. The first-order valence-corrected chi connectivity index (χ1v) is 13.5. The summed E-state index contributed by atoms with van der Waals surface area (Å²) >= 11 is 1.39. The normalized spacial score (nSPS) is 16.3. The van der Waals surface area contributed by atoms with Gasteiger partial charge in [0.25, 0.3) is 11.8 Å². The summed E-state index contributed by atoms with van der Waals surface area (Å²) in [5.74, 6) is -0.0154. The first kappa shape index (κ1) is 25.3. The largest absolute Gasteiger partial charge is 0.479 e. The van der Waals surface area contributed by atoms with Crippen LogP contribution in [0.25, 0.3) is 15.8 Å². The average molecular weight is 522 g/mol. The zero-order valence-electron chi connectivity index (χ0n) is 20.9. The highest BCUT2D eigenvalue weighted by Crippen LogP contribution is 2.37. The van der Waals surface area contributed by atoms with E-state index in [1.807, 2.05) is 0 Å². The molecular formula is C27H31N5O4S. The zero-order valence-corrected chi connectivity index (χ0v) is 21.7. The van der Waals surface area contributed by atoms with Crippen LogP contribution < -0.4 is 15.4 Å². The Morgan fingerprint density at radius 1 is 1.11 bits per heavy atom. The second-order valence-electron chi connectivity index (χ2n) is 9.12. The maximum absolute atomic E-state index is 12.9. The summed E-state index contributed by atoms with van der Waals surface area (Å²) in [4.78, 5) is 36.8. The van der Waals surface area contributed by atoms with E-state index in [1.165, 1.54) is 30.6 Å². The van der Waals surface area contributed by atoms with Crippen LogP contribution in [0.2, 0.25) is 0 Å². The molecular weight excluding hydrogens is 490 g/mol. The molecule has 5 rings (SSSR count). The number of benzene rings is 1. The molecule has 194 valence electrons. The van der Waals surface area contributed by atoms with Gasteiger partial charge in [-0.2, -0.15) is 0 Å². The number of likely N-dealkylation sites (tertiary alicyclic amines) is 1. The van der Waals surface area contributed by atoms with E-state index in [0.29, 0.717) is 47.4 Å². The van der Waals surface area contributed by atoms with E-state index in [4.69, 9.17) is 9.47 Å². The lowest BCUT2D eigenvalue weighted by molar-refractivity contribution is 0.0945. The second kappa shape index (κ2) is 11.8. The van der Waals surface area contributed by atoms with E-state index in [2.05, 4.69) is 31.6 Å². The van der Waals surface area contributed by atoms with Crippen LogP contribution in [0.15, 0.2) is 36.5 Å². The van der Waals surface area contributed by atoms with Crippen LogP contribution in [-0.2, 0) is 4.74 Å². The van der Waals surface area contributed by atoms with E-state index < -0.39 is 0 Å². The quantitative estimate of drug-likeness (QED) is 0.462. The molecule has 0 saturated carbocycles. The fraction of sp³-hybridized carbons (Fsp3) is 0.407. The third kappa shape index (κ3) is 5.98. The van der Waals surface area contributed by atoms with Crippen LogP contribution in [0.1, 0.15) is 52.0 Å². The van der Waals surface area contributed by atoms with Crippen molar-refractivity contribution in [1.82, 2.24) is 20.2 Å². The van der Waals surface area contributed by atoms with Gasteiger partial charge in [0.15, 0.2) is 5.13 Å². The minimum absolute atomic E-state index is 0.135. The lowest BCUT2D eigenvalue weighted by Crippen LogP contribution is -2.37. The van der Waals surface area contributed by atoms with Crippen molar-refractivity contribution in [2.24, 2.45) is 0 Å². The molecule has 2 aliphatic heterocycles. The fourth-order valence-corrected chi connectivity index (χ4v) is 5.65. The molecule has 2 aromatic heterocycles. The summed E-state index contributed by atoms with van der Waals surface area (Å²) in [7, 11) is 1.55. The number of ether oxygens (including phenoxy) is 2. The first-order chi connectivity index (χ1) is 18.1. The summed E-state index contributed by atoms with van der Waals surface area (Å²) in [6.07, 6.45) is 8.39. The van der Waals surface area contributed by atoms with Gasteiger partial charge in [-0.15, -0.1) is 0 Å². The van der Waals surface area contributed by atoms with Gasteiger partial charge < -0.3 is 19.7 Å². The Hall–Kier alpha value is -3.34. The molecule has 3 aromatic rings. The Morgan fingerprint density at radius 2 is 1.86 bits per heavy atom. The molecule has 9 nitrogen and oxygen atoms in total. The zero-order chi connectivity index (χ0) is 25.6. The van der Waals surface area contributed by atoms with E-state index in [9.17, 15) is 9.59 Å². The number of piperidine rings is 1. The standard InChI is InChI=1S/C27H31N5O4S/c1-35-26-22-23(21(17-29-26)18-9-15-36-16-10-18)37-27(30-22)31-25(34)20-7-5-19(6-8-20)24(33)28-11-14-32-12-3-2-4-13-32/h5-9,17H,2-4,10-16H2,1H3,(H,28,33)(H,30,31,34). The lowest BCUT2D eigenvalue weighted by atomic mass is 10.0. The highest BCUT2D eigenvalue weighted by molar-refractivity contribution is 7.22. The molecule has 1 fully saturated rings. The number of amides is 2. The predicted octanol–water partition coefficient (Wildman–Crippen LogP) is 3.97. The molecule has 0 aliphatic carbocycles. The van der Waals surface area contributed by atoms with E-state index in [1.54, 1.807) is 37.6 Å². The average Bonchev–Trinajstić information content (AvgIpc) is 3.37. The molecule has 1 saturated heterocycles. The van der Waals surface area contributed by atoms with Crippen molar-refractivity contribution in [2.75, 3.05) is 51.8 Å².